The summed E-state index contributed by atoms with van der Waals surface area (Å²) in [6.45, 7) is 4.54. The van der Waals surface area contributed by atoms with Crippen molar-refractivity contribution in [2.24, 2.45) is 0 Å². The maximum Gasteiger partial charge on any atom is 0.222 e. The summed E-state index contributed by atoms with van der Waals surface area (Å²) in [5, 5.41) is 16.3. The SMILES string of the molecule is Cc1cc(C)n(CCC(=O)NC2CC(O)C2)n1. The van der Waals surface area contributed by atoms with Crippen LogP contribution in [0.3, 0.4) is 0 Å². The largest absolute Gasteiger partial charge is 0.393 e. The normalized spacial score (nSPS) is 23.2. The van der Waals surface area contributed by atoms with E-state index in [1.807, 2.05) is 24.6 Å². The Morgan fingerprint density at radius 3 is 2.82 bits per heavy atom. The van der Waals surface area contributed by atoms with E-state index < -0.39 is 0 Å². The Morgan fingerprint density at radius 1 is 1.59 bits per heavy atom. The lowest BCUT2D eigenvalue weighted by Crippen LogP contribution is -2.46. The van der Waals surface area contributed by atoms with Gasteiger partial charge in [0.25, 0.3) is 0 Å². The van der Waals surface area contributed by atoms with Crippen molar-refractivity contribution in [1.82, 2.24) is 15.1 Å². The summed E-state index contributed by atoms with van der Waals surface area (Å²) in [6, 6.07) is 2.16. The molecular formula is C12H19N3O2. The maximum atomic E-state index is 11.6. The Morgan fingerprint density at radius 2 is 2.29 bits per heavy atom. The molecule has 2 rings (SSSR count). The van der Waals surface area contributed by atoms with Crippen LogP contribution in [-0.4, -0.2) is 32.9 Å². The highest BCUT2D eigenvalue weighted by atomic mass is 16.3. The zero-order valence-corrected chi connectivity index (χ0v) is 10.3. The van der Waals surface area contributed by atoms with Gasteiger partial charge in [-0.15, -0.1) is 0 Å². The molecule has 5 nitrogen and oxygen atoms in total. The second kappa shape index (κ2) is 4.87. The molecule has 1 aromatic heterocycles. The fraction of sp³-hybridized carbons (Fsp3) is 0.667. The van der Waals surface area contributed by atoms with Crippen LogP contribution in [0.25, 0.3) is 0 Å². The van der Waals surface area contributed by atoms with Gasteiger partial charge in [0.15, 0.2) is 0 Å². The third kappa shape index (κ3) is 3.06. The van der Waals surface area contributed by atoms with E-state index in [0.717, 1.165) is 11.4 Å². The molecule has 1 aliphatic rings. The number of aliphatic hydroxyl groups is 1. The van der Waals surface area contributed by atoms with Gasteiger partial charge < -0.3 is 10.4 Å². The quantitative estimate of drug-likeness (QED) is 0.802. The third-order valence-electron chi connectivity index (χ3n) is 3.13. The summed E-state index contributed by atoms with van der Waals surface area (Å²) >= 11 is 0. The average molecular weight is 237 g/mol. The van der Waals surface area contributed by atoms with E-state index in [1.165, 1.54) is 0 Å². The number of amides is 1. The fourth-order valence-electron chi connectivity index (χ4n) is 2.11. The van der Waals surface area contributed by atoms with Crippen molar-refractivity contribution < 1.29 is 9.90 Å². The summed E-state index contributed by atoms with van der Waals surface area (Å²) in [6.07, 6.45) is 1.59. The molecule has 0 aliphatic heterocycles. The van der Waals surface area contributed by atoms with E-state index in [2.05, 4.69) is 10.4 Å². The van der Waals surface area contributed by atoms with Crippen LogP contribution < -0.4 is 5.32 Å². The van der Waals surface area contributed by atoms with Gasteiger partial charge in [0.1, 0.15) is 0 Å². The molecular weight excluding hydrogens is 218 g/mol. The molecule has 1 amide bonds. The Balaban J connectivity index is 1.74. The molecule has 94 valence electrons. The third-order valence-corrected chi connectivity index (χ3v) is 3.13. The molecule has 5 heteroatoms. The number of aromatic nitrogens is 2. The summed E-state index contributed by atoms with van der Waals surface area (Å²) in [5.74, 6) is 0.0365. The van der Waals surface area contributed by atoms with Gasteiger partial charge in [0.05, 0.1) is 11.8 Å². The average Bonchev–Trinajstić information content (AvgIpc) is 2.52. The molecule has 0 saturated heterocycles. The van der Waals surface area contributed by atoms with Gasteiger partial charge >= 0.3 is 0 Å². The zero-order chi connectivity index (χ0) is 12.4. The predicted octanol–water partition coefficient (Wildman–Crippen LogP) is 0.530. The first-order valence-corrected chi connectivity index (χ1v) is 6.03. The number of hydrogen-bond donors (Lipinski definition) is 2. The molecule has 0 unspecified atom stereocenters. The molecule has 2 N–H and O–H groups in total. The van der Waals surface area contributed by atoms with Crippen LogP contribution in [-0.2, 0) is 11.3 Å². The maximum absolute atomic E-state index is 11.6. The smallest absolute Gasteiger partial charge is 0.222 e. The van der Waals surface area contributed by atoms with Crippen molar-refractivity contribution in [1.29, 1.82) is 0 Å². The first-order valence-electron chi connectivity index (χ1n) is 6.03. The molecule has 0 radical (unpaired) electrons. The van der Waals surface area contributed by atoms with E-state index in [-0.39, 0.29) is 18.1 Å². The molecule has 0 aromatic carbocycles. The lowest BCUT2D eigenvalue weighted by atomic mass is 9.89. The van der Waals surface area contributed by atoms with Crippen LogP contribution in [0.4, 0.5) is 0 Å². The van der Waals surface area contributed by atoms with Crippen LogP contribution in [0.5, 0.6) is 0 Å². The number of carbonyl (C=O) groups excluding carboxylic acids is 1. The van der Waals surface area contributed by atoms with Crippen molar-refractivity contribution >= 4 is 5.91 Å². The summed E-state index contributed by atoms with van der Waals surface area (Å²) < 4.78 is 1.85. The first kappa shape index (κ1) is 12.1. The van der Waals surface area contributed by atoms with Gasteiger partial charge in [0.2, 0.25) is 5.91 Å². The highest BCUT2D eigenvalue weighted by Gasteiger charge is 2.28. The van der Waals surface area contributed by atoms with Gasteiger partial charge in [-0.05, 0) is 32.8 Å². The minimum atomic E-state index is -0.226. The molecule has 0 atom stereocenters. The molecule has 1 saturated carbocycles. The molecule has 1 fully saturated rings. The summed E-state index contributed by atoms with van der Waals surface area (Å²) in [7, 11) is 0. The Hall–Kier alpha value is -1.36. The fourth-order valence-corrected chi connectivity index (χ4v) is 2.11. The molecule has 1 aliphatic carbocycles. The molecule has 1 aromatic rings. The topological polar surface area (TPSA) is 67.2 Å². The number of carbonyl (C=O) groups is 1. The van der Waals surface area contributed by atoms with Crippen molar-refractivity contribution in [3.63, 3.8) is 0 Å². The van der Waals surface area contributed by atoms with Gasteiger partial charge in [-0.25, -0.2) is 0 Å². The lowest BCUT2D eigenvalue weighted by Gasteiger charge is -2.31. The Labute approximate surface area is 101 Å². The van der Waals surface area contributed by atoms with E-state index in [1.54, 1.807) is 0 Å². The number of aryl methyl sites for hydroxylation is 3. The molecule has 1 heterocycles. The van der Waals surface area contributed by atoms with Crippen molar-refractivity contribution in [3.05, 3.63) is 17.5 Å². The number of nitrogens with zero attached hydrogens (tertiary/aromatic N) is 2. The van der Waals surface area contributed by atoms with E-state index in [0.29, 0.717) is 25.8 Å². The van der Waals surface area contributed by atoms with Crippen molar-refractivity contribution in [2.45, 2.75) is 51.8 Å². The first-order chi connectivity index (χ1) is 8.04. The van der Waals surface area contributed by atoms with Gasteiger partial charge in [0, 0.05) is 24.7 Å². The molecule has 0 spiro atoms. The van der Waals surface area contributed by atoms with Crippen LogP contribution >= 0.6 is 0 Å². The second-order valence-corrected chi connectivity index (χ2v) is 4.79. The van der Waals surface area contributed by atoms with Gasteiger partial charge in [-0.2, -0.15) is 5.10 Å². The number of rotatable bonds is 4. The highest BCUT2D eigenvalue weighted by Crippen LogP contribution is 2.19. The van der Waals surface area contributed by atoms with E-state index in [4.69, 9.17) is 5.11 Å². The molecule has 0 bridgehead atoms. The van der Waals surface area contributed by atoms with Crippen LogP contribution in [0.1, 0.15) is 30.7 Å². The standard InChI is InChI=1S/C12H19N3O2/c1-8-5-9(2)15(14-8)4-3-12(17)13-10-6-11(16)7-10/h5,10-11,16H,3-4,6-7H2,1-2H3,(H,13,17). The van der Waals surface area contributed by atoms with Crippen LogP contribution in [0.2, 0.25) is 0 Å². The summed E-state index contributed by atoms with van der Waals surface area (Å²) in [5.41, 5.74) is 2.05. The van der Waals surface area contributed by atoms with Crippen LogP contribution in [0.15, 0.2) is 6.07 Å². The highest BCUT2D eigenvalue weighted by molar-refractivity contribution is 5.76. The van der Waals surface area contributed by atoms with Gasteiger partial charge in [-0.1, -0.05) is 0 Å². The second-order valence-electron chi connectivity index (χ2n) is 4.79. The Kier molecular flexibility index (Phi) is 3.47. The van der Waals surface area contributed by atoms with Crippen molar-refractivity contribution in [3.8, 4) is 0 Å². The monoisotopic (exact) mass is 237 g/mol. The van der Waals surface area contributed by atoms with Crippen LogP contribution in [0, 0.1) is 13.8 Å². The summed E-state index contributed by atoms with van der Waals surface area (Å²) in [4.78, 5) is 11.6. The minimum Gasteiger partial charge on any atom is -0.393 e. The van der Waals surface area contributed by atoms with Gasteiger partial charge in [-0.3, -0.25) is 9.48 Å². The Bertz CT molecular complexity index is 408. The number of hydrogen-bond acceptors (Lipinski definition) is 3. The number of nitrogens with one attached hydrogen (secondary N) is 1. The van der Waals surface area contributed by atoms with E-state index in [9.17, 15) is 4.79 Å². The van der Waals surface area contributed by atoms with E-state index >= 15 is 0 Å². The lowest BCUT2D eigenvalue weighted by molar-refractivity contribution is -0.123. The predicted molar refractivity (Wildman–Crippen MR) is 63.5 cm³/mol. The van der Waals surface area contributed by atoms with Crippen molar-refractivity contribution in [2.75, 3.05) is 0 Å². The number of aliphatic hydroxyl groups excluding tert-OH is 1. The minimum absolute atomic E-state index is 0.0365. The molecule has 17 heavy (non-hydrogen) atoms. The zero-order valence-electron chi connectivity index (χ0n) is 10.3.